The van der Waals surface area contributed by atoms with Gasteiger partial charge in [-0.3, -0.25) is 0 Å². The molecule has 0 aliphatic heterocycles. The van der Waals surface area contributed by atoms with Crippen molar-refractivity contribution in [3.05, 3.63) is 48.0 Å². The van der Waals surface area contributed by atoms with Gasteiger partial charge in [0, 0.05) is 24.7 Å². The summed E-state index contributed by atoms with van der Waals surface area (Å²) in [5.74, 6) is 2.73. The van der Waals surface area contributed by atoms with Crippen LogP contribution in [0.3, 0.4) is 0 Å². The molecule has 0 atom stereocenters. The molecule has 7 nitrogen and oxygen atoms in total. The zero-order chi connectivity index (χ0) is 19.5. The topological polar surface area (TPSA) is 78.1 Å². The number of hydrogen-bond donors (Lipinski definition) is 2. The van der Waals surface area contributed by atoms with Crippen molar-refractivity contribution in [3.63, 3.8) is 0 Å². The Balaban J connectivity index is 1.64. The van der Waals surface area contributed by atoms with Gasteiger partial charge in [0.25, 0.3) is 0 Å². The average Bonchev–Trinajstić information content (AvgIpc) is 2.71. The summed E-state index contributed by atoms with van der Waals surface area (Å²) in [7, 11) is 4.79. The summed E-state index contributed by atoms with van der Waals surface area (Å²) in [6.07, 6.45) is 0.748. The highest BCUT2D eigenvalue weighted by Crippen LogP contribution is 2.27. The minimum absolute atomic E-state index is 0.227. The minimum atomic E-state index is -0.227. The predicted molar refractivity (Wildman–Crippen MR) is 103 cm³/mol. The van der Waals surface area contributed by atoms with Crippen LogP contribution in [0.5, 0.6) is 23.0 Å². The number of urea groups is 1. The van der Waals surface area contributed by atoms with Crippen LogP contribution >= 0.6 is 0 Å². The molecule has 0 unspecified atom stereocenters. The lowest BCUT2D eigenvalue weighted by Gasteiger charge is -2.11. The molecular formula is C20H26N2O5. The Morgan fingerprint density at radius 3 is 1.93 bits per heavy atom. The number of hydrogen-bond acceptors (Lipinski definition) is 5. The van der Waals surface area contributed by atoms with E-state index in [-0.39, 0.29) is 6.03 Å². The number of carbonyl (C=O) groups excluding carboxylic acids is 1. The second-order valence-electron chi connectivity index (χ2n) is 5.68. The van der Waals surface area contributed by atoms with Gasteiger partial charge in [-0.2, -0.15) is 0 Å². The number of methoxy groups -OCH3 is 3. The normalized spacial score (nSPS) is 10.0. The van der Waals surface area contributed by atoms with Crippen LogP contribution in [0.2, 0.25) is 0 Å². The van der Waals surface area contributed by atoms with Crippen LogP contribution in [0.4, 0.5) is 4.79 Å². The molecule has 0 aliphatic rings. The van der Waals surface area contributed by atoms with Crippen LogP contribution < -0.4 is 29.6 Å². The first-order chi connectivity index (χ1) is 13.1. The zero-order valence-electron chi connectivity index (χ0n) is 15.9. The molecule has 2 amide bonds. The fourth-order valence-corrected chi connectivity index (χ4v) is 2.37. The molecule has 2 aromatic carbocycles. The monoisotopic (exact) mass is 374 g/mol. The van der Waals surface area contributed by atoms with Gasteiger partial charge < -0.3 is 29.6 Å². The summed E-state index contributed by atoms with van der Waals surface area (Å²) in [6, 6.07) is 12.8. The lowest BCUT2D eigenvalue weighted by Crippen LogP contribution is -2.38. The van der Waals surface area contributed by atoms with Gasteiger partial charge in [0.15, 0.2) is 0 Å². The summed E-state index contributed by atoms with van der Waals surface area (Å²) in [5, 5.41) is 5.58. The Kier molecular flexibility index (Phi) is 8.09. The molecule has 0 saturated heterocycles. The van der Waals surface area contributed by atoms with Crippen LogP contribution in [0.15, 0.2) is 42.5 Å². The molecule has 0 spiro atoms. The van der Waals surface area contributed by atoms with Crippen molar-refractivity contribution in [2.24, 2.45) is 0 Å². The number of nitrogens with one attached hydrogen (secondary N) is 2. The first kappa shape index (κ1) is 20.2. The van der Waals surface area contributed by atoms with Crippen molar-refractivity contribution in [2.75, 3.05) is 41.0 Å². The van der Waals surface area contributed by atoms with Gasteiger partial charge in [-0.1, -0.05) is 12.1 Å². The van der Waals surface area contributed by atoms with Gasteiger partial charge in [-0.15, -0.1) is 0 Å². The van der Waals surface area contributed by atoms with Crippen LogP contribution in [0.1, 0.15) is 5.56 Å². The van der Waals surface area contributed by atoms with Gasteiger partial charge in [0.2, 0.25) is 0 Å². The van der Waals surface area contributed by atoms with Crippen LogP contribution in [-0.2, 0) is 6.42 Å². The van der Waals surface area contributed by atoms with Gasteiger partial charge in [-0.25, -0.2) is 4.79 Å². The Morgan fingerprint density at radius 1 is 0.778 bits per heavy atom. The van der Waals surface area contributed by atoms with E-state index in [0.29, 0.717) is 36.9 Å². The van der Waals surface area contributed by atoms with E-state index in [0.717, 1.165) is 17.7 Å². The molecule has 2 aromatic rings. The molecule has 0 fully saturated rings. The van der Waals surface area contributed by atoms with E-state index in [2.05, 4.69) is 10.6 Å². The summed E-state index contributed by atoms with van der Waals surface area (Å²) < 4.78 is 21.1. The molecule has 2 N–H and O–H groups in total. The van der Waals surface area contributed by atoms with E-state index < -0.39 is 0 Å². The highest BCUT2D eigenvalue weighted by atomic mass is 16.5. The third kappa shape index (κ3) is 6.97. The van der Waals surface area contributed by atoms with Gasteiger partial charge in [-0.05, 0) is 24.1 Å². The highest BCUT2D eigenvalue weighted by molar-refractivity contribution is 5.73. The molecular weight excluding hydrogens is 348 g/mol. The molecule has 0 radical (unpaired) electrons. The third-order valence-corrected chi connectivity index (χ3v) is 3.84. The van der Waals surface area contributed by atoms with Crippen LogP contribution in [-0.4, -0.2) is 47.1 Å². The van der Waals surface area contributed by atoms with Crippen molar-refractivity contribution >= 4 is 6.03 Å². The van der Waals surface area contributed by atoms with Crippen molar-refractivity contribution in [2.45, 2.75) is 6.42 Å². The van der Waals surface area contributed by atoms with E-state index in [1.807, 2.05) is 24.3 Å². The average molecular weight is 374 g/mol. The van der Waals surface area contributed by atoms with Crippen molar-refractivity contribution < 1.29 is 23.7 Å². The summed E-state index contributed by atoms with van der Waals surface area (Å²) >= 11 is 0. The van der Waals surface area contributed by atoms with E-state index in [1.54, 1.807) is 39.5 Å². The SMILES string of the molecule is COc1ccc(CCNC(=O)NCCOc2cc(OC)cc(OC)c2)cc1. The van der Waals surface area contributed by atoms with Crippen LogP contribution in [0.25, 0.3) is 0 Å². The Hall–Kier alpha value is -3.09. The van der Waals surface area contributed by atoms with Gasteiger partial charge in [0.05, 0.1) is 27.9 Å². The third-order valence-electron chi connectivity index (χ3n) is 3.84. The zero-order valence-corrected chi connectivity index (χ0v) is 15.9. The van der Waals surface area contributed by atoms with Gasteiger partial charge >= 0.3 is 6.03 Å². The second kappa shape index (κ2) is 10.8. The maximum atomic E-state index is 11.8. The van der Waals surface area contributed by atoms with Gasteiger partial charge in [0.1, 0.15) is 29.6 Å². The summed E-state index contributed by atoms with van der Waals surface area (Å²) in [4.78, 5) is 11.8. The van der Waals surface area contributed by atoms with Crippen molar-refractivity contribution in [1.29, 1.82) is 0 Å². The molecule has 0 aromatic heterocycles. The number of rotatable bonds is 10. The first-order valence-electron chi connectivity index (χ1n) is 8.65. The molecule has 7 heteroatoms. The number of carbonyl (C=O) groups is 1. The van der Waals surface area contributed by atoms with Crippen molar-refractivity contribution in [1.82, 2.24) is 10.6 Å². The van der Waals surface area contributed by atoms with E-state index in [4.69, 9.17) is 18.9 Å². The fraction of sp³-hybridized carbons (Fsp3) is 0.350. The predicted octanol–water partition coefficient (Wildman–Crippen LogP) is 2.63. The number of benzene rings is 2. The Labute approximate surface area is 159 Å². The largest absolute Gasteiger partial charge is 0.497 e. The fourth-order valence-electron chi connectivity index (χ4n) is 2.37. The molecule has 0 saturated carbocycles. The molecule has 146 valence electrons. The maximum absolute atomic E-state index is 11.8. The molecule has 2 rings (SSSR count). The summed E-state index contributed by atoms with van der Waals surface area (Å²) in [6.45, 7) is 1.27. The minimum Gasteiger partial charge on any atom is -0.497 e. The quantitative estimate of drug-likeness (QED) is 0.625. The Morgan fingerprint density at radius 2 is 1.33 bits per heavy atom. The number of ether oxygens (including phenoxy) is 4. The smallest absolute Gasteiger partial charge is 0.314 e. The van der Waals surface area contributed by atoms with Crippen molar-refractivity contribution in [3.8, 4) is 23.0 Å². The molecule has 0 heterocycles. The van der Waals surface area contributed by atoms with Crippen LogP contribution in [0, 0.1) is 0 Å². The van der Waals surface area contributed by atoms with E-state index >= 15 is 0 Å². The van der Waals surface area contributed by atoms with E-state index in [1.165, 1.54) is 0 Å². The first-order valence-corrected chi connectivity index (χ1v) is 8.65. The molecule has 0 bridgehead atoms. The standard InChI is InChI=1S/C20H26N2O5/c1-24-16-6-4-15(5-7-16)8-9-21-20(23)22-10-11-27-19-13-17(25-2)12-18(14-19)26-3/h4-7,12-14H,8-11H2,1-3H3,(H2,21,22,23). The lowest BCUT2D eigenvalue weighted by molar-refractivity contribution is 0.236. The molecule has 0 aliphatic carbocycles. The Bertz CT molecular complexity index is 697. The summed E-state index contributed by atoms with van der Waals surface area (Å²) in [5.41, 5.74) is 1.13. The maximum Gasteiger partial charge on any atom is 0.314 e. The number of amides is 2. The highest BCUT2D eigenvalue weighted by Gasteiger charge is 2.04. The molecule has 27 heavy (non-hydrogen) atoms. The lowest BCUT2D eigenvalue weighted by atomic mass is 10.1. The second-order valence-corrected chi connectivity index (χ2v) is 5.68. The van der Waals surface area contributed by atoms with E-state index in [9.17, 15) is 4.79 Å².